The van der Waals surface area contributed by atoms with Crippen LogP contribution in [-0.2, 0) is 9.53 Å². The van der Waals surface area contributed by atoms with Gasteiger partial charge in [-0.25, -0.2) is 15.2 Å². The molecule has 8 nitrogen and oxygen atoms in total. The summed E-state index contributed by atoms with van der Waals surface area (Å²) in [6.07, 6.45) is 2.33. The third-order valence-electron chi connectivity index (χ3n) is 4.47. The van der Waals surface area contributed by atoms with Crippen LogP contribution in [0.3, 0.4) is 0 Å². The summed E-state index contributed by atoms with van der Waals surface area (Å²) in [7, 11) is 1.62. The lowest BCUT2D eigenvalue weighted by atomic mass is 10.2. The Labute approximate surface area is 169 Å². The van der Waals surface area contributed by atoms with Gasteiger partial charge in [-0.1, -0.05) is 6.07 Å². The number of pyridine rings is 1. The zero-order valence-corrected chi connectivity index (χ0v) is 17.1. The number of hydrazone groups is 1. The van der Waals surface area contributed by atoms with Crippen molar-refractivity contribution in [3.63, 3.8) is 0 Å². The van der Waals surface area contributed by atoms with Crippen molar-refractivity contribution >= 4 is 29.1 Å². The molecule has 2 aromatic rings. The molecule has 1 aliphatic rings. The number of rotatable bonds is 4. The fraction of sp³-hybridized carbons (Fsp3) is 0.429. The van der Waals surface area contributed by atoms with E-state index >= 15 is 0 Å². The number of carbonyl (C=O) groups excluding carboxylic acids is 2. The molecule has 1 atom stereocenters. The van der Waals surface area contributed by atoms with Crippen molar-refractivity contribution in [3.8, 4) is 5.75 Å². The summed E-state index contributed by atoms with van der Waals surface area (Å²) in [5, 5.41) is 4.95. The van der Waals surface area contributed by atoms with Gasteiger partial charge in [-0.3, -0.25) is 9.69 Å². The van der Waals surface area contributed by atoms with Crippen molar-refractivity contribution in [2.45, 2.75) is 45.3 Å². The maximum absolute atomic E-state index is 12.5. The number of aromatic nitrogens is 1. The van der Waals surface area contributed by atoms with Gasteiger partial charge >= 0.3 is 6.09 Å². The molecule has 0 unspecified atom stereocenters. The molecular formula is C21H26N4O4. The topological polar surface area (TPSA) is 93.1 Å². The lowest BCUT2D eigenvalue weighted by Crippen LogP contribution is -2.46. The number of carbonyl (C=O) groups is 2. The van der Waals surface area contributed by atoms with Gasteiger partial charge in [-0.05, 0) is 57.9 Å². The summed E-state index contributed by atoms with van der Waals surface area (Å²) >= 11 is 0. The Bertz CT molecular complexity index is 936. The van der Waals surface area contributed by atoms with Crippen molar-refractivity contribution < 1.29 is 19.1 Å². The lowest BCUT2D eigenvalue weighted by Gasteiger charge is -2.27. The average Bonchev–Trinajstić information content (AvgIpc) is 3.16. The highest BCUT2D eigenvalue weighted by Crippen LogP contribution is 2.21. The quantitative estimate of drug-likeness (QED) is 0.631. The first kappa shape index (κ1) is 20.6. The van der Waals surface area contributed by atoms with Gasteiger partial charge in [-0.2, -0.15) is 5.10 Å². The normalized spacial score (nSPS) is 17.0. The summed E-state index contributed by atoms with van der Waals surface area (Å²) in [5.41, 5.74) is 3.31. The lowest BCUT2D eigenvalue weighted by molar-refractivity contribution is -0.125. The number of likely N-dealkylation sites (tertiary alicyclic amines) is 1. The van der Waals surface area contributed by atoms with Gasteiger partial charge < -0.3 is 9.47 Å². The van der Waals surface area contributed by atoms with Crippen LogP contribution in [0.4, 0.5) is 4.79 Å². The number of fused-ring (bicyclic) bond motifs is 1. The van der Waals surface area contributed by atoms with E-state index in [9.17, 15) is 9.59 Å². The summed E-state index contributed by atoms with van der Waals surface area (Å²) in [6, 6.07) is 8.73. The summed E-state index contributed by atoms with van der Waals surface area (Å²) in [4.78, 5) is 30.7. The van der Waals surface area contributed by atoms with E-state index in [1.54, 1.807) is 33.9 Å². The smallest absolute Gasteiger partial charge is 0.410 e. The number of ether oxygens (including phenoxy) is 2. The van der Waals surface area contributed by atoms with Gasteiger partial charge in [0.15, 0.2) is 0 Å². The number of methoxy groups -OCH3 is 1. The maximum Gasteiger partial charge on any atom is 0.410 e. The van der Waals surface area contributed by atoms with Crippen molar-refractivity contribution in [1.82, 2.24) is 15.3 Å². The Morgan fingerprint density at radius 3 is 2.79 bits per heavy atom. The molecule has 154 valence electrons. The molecule has 0 spiro atoms. The molecule has 1 aromatic heterocycles. The van der Waals surface area contributed by atoms with E-state index in [2.05, 4.69) is 15.5 Å². The SMILES string of the molecule is COc1ccc2nc(/C=N\NC(=O)[C@H]3CCCN3C(=O)OC(C)(C)C)ccc2c1. The van der Waals surface area contributed by atoms with Gasteiger partial charge in [-0.15, -0.1) is 0 Å². The van der Waals surface area contributed by atoms with Crippen molar-refractivity contribution in [1.29, 1.82) is 0 Å². The second kappa shape index (κ2) is 8.46. The first-order chi connectivity index (χ1) is 13.8. The molecule has 8 heteroatoms. The highest BCUT2D eigenvalue weighted by Gasteiger charge is 2.36. The molecule has 1 saturated heterocycles. The van der Waals surface area contributed by atoms with Crippen LogP contribution in [0.1, 0.15) is 39.3 Å². The van der Waals surface area contributed by atoms with Crippen LogP contribution >= 0.6 is 0 Å². The van der Waals surface area contributed by atoms with E-state index < -0.39 is 17.7 Å². The first-order valence-corrected chi connectivity index (χ1v) is 9.54. The van der Waals surface area contributed by atoms with Gasteiger partial charge in [0.25, 0.3) is 5.91 Å². The number of nitrogens with zero attached hydrogens (tertiary/aromatic N) is 3. The predicted octanol–water partition coefficient (Wildman–Crippen LogP) is 3.09. The Kier molecular flexibility index (Phi) is 6.00. The molecule has 2 heterocycles. The molecule has 2 amide bonds. The van der Waals surface area contributed by atoms with E-state index in [0.29, 0.717) is 18.7 Å². The second-order valence-electron chi connectivity index (χ2n) is 7.86. The molecule has 1 aliphatic heterocycles. The van der Waals surface area contributed by atoms with Crippen LogP contribution in [-0.4, -0.2) is 53.4 Å². The van der Waals surface area contributed by atoms with Crippen LogP contribution in [0.2, 0.25) is 0 Å². The standard InChI is InChI=1S/C21H26N4O4/c1-21(2,3)29-20(27)25-11-5-6-18(25)19(26)24-22-13-15-8-7-14-12-16(28-4)9-10-17(14)23-15/h7-10,12-13,18H,5-6,11H2,1-4H3,(H,24,26)/b22-13-/t18-/m1/s1. The number of benzene rings is 1. The van der Waals surface area contributed by atoms with Gasteiger partial charge in [0.05, 0.1) is 24.5 Å². The molecule has 0 saturated carbocycles. The summed E-state index contributed by atoms with van der Waals surface area (Å²) in [6.45, 7) is 5.89. The first-order valence-electron chi connectivity index (χ1n) is 9.54. The molecule has 1 N–H and O–H groups in total. The van der Waals surface area contributed by atoms with Crippen molar-refractivity contribution in [3.05, 3.63) is 36.0 Å². The molecule has 3 rings (SSSR count). The summed E-state index contributed by atoms with van der Waals surface area (Å²) < 4.78 is 10.6. The number of hydrogen-bond acceptors (Lipinski definition) is 6. The van der Waals surface area contributed by atoms with E-state index in [-0.39, 0.29) is 5.91 Å². The van der Waals surface area contributed by atoms with E-state index in [4.69, 9.17) is 9.47 Å². The van der Waals surface area contributed by atoms with Crippen molar-refractivity contribution in [2.24, 2.45) is 5.10 Å². The zero-order chi connectivity index (χ0) is 21.0. The largest absolute Gasteiger partial charge is 0.497 e. The van der Waals surface area contributed by atoms with Crippen LogP contribution in [0.25, 0.3) is 10.9 Å². The Balaban J connectivity index is 1.62. The number of amides is 2. The third kappa shape index (κ3) is 5.22. The number of hydrogen-bond donors (Lipinski definition) is 1. The fourth-order valence-electron chi connectivity index (χ4n) is 3.13. The minimum Gasteiger partial charge on any atom is -0.497 e. The van der Waals surface area contributed by atoms with E-state index in [1.165, 1.54) is 11.1 Å². The van der Waals surface area contributed by atoms with Crippen LogP contribution in [0.15, 0.2) is 35.4 Å². The third-order valence-corrected chi connectivity index (χ3v) is 4.47. The van der Waals surface area contributed by atoms with E-state index in [1.807, 2.05) is 24.3 Å². The van der Waals surface area contributed by atoms with Crippen molar-refractivity contribution in [2.75, 3.05) is 13.7 Å². The highest BCUT2D eigenvalue weighted by molar-refractivity contribution is 5.89. The van der Waals surface area contributed by atoms with E-state index in [0.717, 1.165) is 23.1 Å². The molecule has 29 heavy (non-hydrogen) atoms. The Hall–Kier alpha value is -3.16. The van der Waals surface area contributed by atoms with Crippen LogP contribution in [0, 0.1) is 0 Å². The minimum atomic E-state index is -0.607. The minimum absolute atomic E-state index is 0.338. The molecule has 0 aliphatic carbocycles. The molecular weight excluding hydrogens is 372 g/mol. The zero-order valence-electron chi connectivity index (χ0n) is 17.1. The highest BCUT2D eigenvalue weighted by atomic mass is 16.6. The number of nitrogens with one attached hydrogen (secondary N) is 1. The molecule has 1 aromatic carbocycles. The monoisotopic (exact) mass is 398 g/mol. The van der Waals surface area contributed by atoms with Gasteiger partial charge in [0.2, 0.25) is 0 Å². The van der Waals surface area contributed by atoms with Crippen LogP contribution < -0.4 is 10.2 Å². The molecule has 0 radical (unpaired) electrons. The maximum atomic E-state index is 12.5. The Morgan fingerprint density at radius 1 is 1.28 bits per heavy atom. The molecule has 1 fully saturated rings. The average molecular weight is 398 g/mol. The molecule has 0 bridgehead atoms. The Morgan fingerprint density at radius 2 is 2.07 bits per heavy atom. The summed E-state index contributed by atoms with van der Waals surface area (Å²) in [5.74, 6) is 0.425. The fourth-order valence-corrected chi connectivity index (χ4v) is 3.13. The predicted molar refractivity (Wildman–Crippen MR) is 110 cm³/mol. The van der Waals surface area contributed by atoms with Gasteiger partial charge in [0.1, 0.15) is 17.4 Å². The van der Waals surface area contributed by atoms with Gasteiger partial charge in [0, 0.05) is 11.9 Å². The van der Waals surface area contributed by atoms with Crippen LogP contribution in [0.5, 0.6) is 5.75 Å². The second-order valence-corrected chi connectivity index (χ2v) is 7.86.